The van der Waals surface area contributed by atoms with Crippen LogP contribution in [0.15, 0.2) is 54.9 Å². The number of nitrogens with one attached hydrogen (secondary N) is 2. The number of hydrogen-bond acceptors (Lipinski definition) is 4. The third kappa shape index (κ3) is 1.85. The van der Waals surface area contributed by atoms with E-state index >= 15 is 0 Å². The summed E-state index contributed by atoms with van der Waals surface area (Å²) in [4.78, 5) is 3.29. The van der Waals surface area contributed by atoms with Gasteiger partial charge in [0, 0.05) is 40.4 Å². The Kier molecular flexibility index (Phi) is 2.72. The molecule has 0 saturated heterocycles. The van der Waals surface area contributed by atoms with E-state index in [0.717, 1.165) is 46.6 Å². The van der Waals surface area contributed by atoms with Crippen molar-refractivity contribution in [3.63, 3.8) is 0 Å². The molecule has 0 saturated carbocycles. The van der Waals surface area contributed by atoms with E-state index in [0.29, 0.717) is 0 Å². The van der Waals surface area contributed by atoms with E-state index in [2.05, 4.69) is 69.2 Å². The van der Waals surface area contributed by atoms with Gasteiger partial charge < -0.3 is 15.0 Å². The molecule has 0 spiro atoms. The molecule has 26 heavy (non-hydrogen) atoms. The van der Waals surface area contributed by atoms with Crippen LogP contribution in [0.1, 0.15) is 22.7 Å². The summed E-state index contributed by atoms with van der Waals surface area (Å²) in [5.74, 6) is 1.01. The van der Waals surface area contributed by atoms with Gasteiger partial charge in [-0.1, -0.05) is 24.3 Å². The van der Waals surface area contributed by atoms with Crippen LogP contribution in [0, 0.1) is 0 Å². The monoisotopic (exact) mass is 340 g/mol. The maximum Gasteiger partial charge on any atom is 0.160 e. The van der Waals surface area contributed by atoms with Crippen LogP contribution in [-0.4, -0.2) is 21.8 Å². The number of hydrogen-bond donors (Lipinski definition) is 2. The summed E-state index contributed by atoms with van der Waals surface area (Å²) in [5.41, 5.74) is 7.91. The fourth-order valence-electron chi connectivity index (χ4n) is 4.16. The highest BCUT2D eigenvalue weighted by Crippen LogP contribution is 2.43. The third-order valence-corrected chi connectivity index (χ3v) is 5.38. The lowest BCUT2D eigenvalue weighted by molar-refractivity contribution is 0.357. The minimum Gasteiger partial charge on any atom is -0.493 e. The molecule has 0 amide bonds. The molecule has 0 fully saturated rings. The number of aromatic amines is 1. The van der Waals surface area contributed by atoms with Crippen LogP contribution in [0.5, 0.6) is 5.75 Å². The van der Waals surface area contributed by atoms with Gasteiger partial charge in [0.25, 0.3) is 0 Å². The number of anilines is 1. The zero-order valence-electron chi connectivity index (χ0n) is 14.0. The molecule has 5 nitrogen and oxygen atoms in total. The van der Waals surface area contributed by atoms with E-state index in [1.54, 1.807) is 0 Å². The maximum atomic E-state index is 5.68. The zero-order valence-corrected chi connectivity index (χ0v) is 14.0. The Balaban J connectivity index is 1.63. The van der Waals surface area contributed by atoms with Gasteiger partial charge in [0.15, 0.2) is 5.65 Å². The van der Waals surface area contributed by atoms with Crippen molar-refractivity contribution in [3.8, 4) is 16.9 Å². The molecule has 2 aliphatic rings. The summed E-state index contributed by atoms with van der Waals surface area (Å²) in [6.07, 6.45) is 4.88. The Morgan fingerprint density at radius 1 is 1.08 bits per heavy atom. The first-order valence-corrected chi connectivity index (χ1v) is 8.83. The van der Waals surface area contributed by atoms with Crippen molar-refractivity contribution in [2.45, 2.75) is 12.5 Å². The lowest BCUT2D eigenvalue weighted by Gasteiger charge is -2.20. The van der Waals surface area contributed by atoms with Crippen molar-refractivity contribution in [2.75, 3.05) is 11.9 Å². The lowest BCUT2D eigenvalue weighted by atomic mass is 9.96. The van der Waals surface area contributed by atoms with Gasteiger partial charge in [-0.15, -0.1) is 5.10 Å². The second kappa shape index (κ2) is 5.08. The molecule has 6 rings (SSSR count). The molecule has 0 aliphatic carbocycles. The quantitative estimate of drug-likeness (QED) is 0.548. The van der Waals surface area contributed by atoms with Crippen LogP contribution < -0.4 is 10.1 Å². The van der Waals surface area contributed by atoms with Gasteiger partial charge in [-0.3, -0.25) is 0 Å². The molecule has 4 heterocycles. The lowest BCUT2D eigenvalue weighted by Crippen LogP contribution is -2.11. The Bertz CT molecular complexity index is 1160. The van der Waals surface area contributed by atoms with Crippen molar-refractivity contribution in [3.05, 3.63) is 71.5 Å². The van der Waals surface area contributed by atoms with E-state index in [9.17, 15) is 0 Å². The van der Waals surface area contributed by atoms with Crippen molar-refractivity contribution >= 4 is 16.7 Å². The van der Waals surface area contributed by atoms with Gasteiger partial charge >= 0.3 is 0 Å². The molecule has 5 heteroatoms. The number of fused-ring (bicyclic) bond motifs is 3. The number of para-hydroxylation sites is 1. The van der Waals surface area contributed by atoms with Crippen LogP contribution in [0.4, 0.5) is 5.69 Å². The normalized spacial score (nSPS) is 17.2. The fourth-order valence-corrected chi connectivity index (χ4v) is 4.16. The van der Waals surface area contributed by atoms with Gasteiger partial charge in [-0.2, -0.15) is 5.10 Å². The summed E-state index contributed by atoms with van der Waals surface area (Å²) in [7, 11) is 0. The van der Waals surface area contributed by atoms with Gasteiger partial charge in [-0.25, -0.2) is 0 Å². The third-order valence-electron chi connectivity index (χ3n) is 5.38. The summed E-state index contributed by atoms with van der Waals surface area (Å²) in [6, 6.07) is 14.9. The number of nitrogens with zero attached hydrogens (tertiary/aromatic N) is 2. The van der Waals surface area contributed by atoms with Gasteiger partial charge in [0.05, 0.1) is 18.8 Å². The molecular formula is C21H16N4O. The maximum absolute atomic E-state index is 5.68. The van der Waals surface area contributed by atoms with E-state index in [1.807, 2.05) is 6.20 Å². The van der Waals surface area contributed by atoms with Gasteiger partial charge in [0.1, 0.15) is 5.75 Å². The molecule has 1 unspecified atom stereocenters. The summed E-state index contributed by atoms with van der Waals surface area (Å²) in [5, 5.41) is 13.4. The van der Waals surface area contributed by atoms with Crippen LogP contribution >= 0.6 is 0 Å². The largest absolute Gasteiger partial charge is 0.493 e. The highest BCUT2D eigenvalue weighted by Gasteiger charge is 2.27. The molecule has 4 aromatic rings. The van der Waals surface area contributed by atoms with E-state index in [4.69, 9.17) is 4.74 Å². The van der Waals surface area contributed by atoms with E-state index in [-0.39, 0.29) is 6.04 Å². The topological polar surface area (TPSA) is 62.8 Å². The minimum absolute atomic E-state index is 0.0428. The van der Waals surface area contributed by atoms with Crippen LogP contribution in [-0.2, 0) is 6.42 Å². The summed E-state index contributed by atoms with van der Waals surface area (Å²) in [6.45, 7) is 0.770. The summed E-state index contributed by atoms with van der Waals surface area (Å²) < 4.78 is 5.68. The Morgan fingerprint density at radius 3 is 3.04 bits per heavy atom. The average Bonchev–Trinajstić information content (AvgIpc) is 3.29. The van der Waals surface area contributed by atoms with Crippen molar-refractivity contribution < 1.29 is 4.74 Å². The molecule has 2 aromatic heterocycles. The molecule has 126 valence electrons. The predicted octanol–water partition coefficient (Wildman–Crippen LogP) is 4.07. The predicted molar refractivity (Wildman–Crippen MR) is 100 cm³/mol. The number of aromatic nitrogens is 3. The number of H-pyrrole nitrogens is 1. The highest BCUT2D eigenvalue weighted by atomic mass is 16.5. The number of rotatable bonds is 1. The van der Waals surface area contributed by atoms with Crippen molar-refractivity contribution in [1.29, 1.82) is 0 Å². The number of ether oxygens (including phenoxy) is 1. The van der Waals surface area contributed by atoms with Gasteiger partial charge in [-0.05, 0) is 29.3 Å². The Labute approximate surface area is 150 Å². The SMILES string of the molecule is c1ccc2c(c1)NC(c1ccc3c(c1)CCO3)c1c[nH]c3nncc-2c13. The van der Waals surface area contributed by atoms with Crippen molar-refractivity contribution in [1.82, 2.24) is 15.2 Å². The first kappa shape index (κ1) is 13.9. The first-order valence-electron chi connectivity index (χ1n) is 8.83. The molecule has 2 aliphatic heterocycles. The minimum atomic E-state index is 0.0428. The average molecular weight is 340 g/mol. The molecule has 0 bridgehead atoms. The van der Waals surface area contributed by atoms with Crippen molar-refractivity contribution in [2.24, 2.45) is 0 Å². The second-order valence-corrected chi connectivity index (χ2v) is 6.81. The molecule has 2 aromatic carbocycles. The zero-order chi connectivity index (χ0) is 17.1. The molecular weight excluding hydrogens is 324 g/mol. The number of benzene rings is 2. The van der Waals surface area contributed by atoms with Gasteiger partial charge in [0.2, 0.25) is 0 Å². The fraction of sp³-hybridized carbons (Fsp3) is 0.143. The summed E-state index contributed by atoms with van der Waals surface area (Å²) >= 11 is 0. The van der Waals surface area contributed by atoms with Crippen LogP contribution in [0.2, 0.25) is 0 Å². The van der Waals surface area contributed by atoms with E-state index in [1.165, 1.54) is 16.7 Å². The van der Waals surface area contributed by atoms with Crippen LogP contribution in [0.25, 0.3) is 22.2 Å². The molecule has 0 radical (unpaired) electrons. The standard InChI is InChI=1S/C21H16N4O/c1-2-4-17-14(3-1)15-11-23-25-21-19(15)16(10-22-21)20(24-17)13-5-6-18-12(9-13)7-8-26-18/h1-6,9-11,20,24H,7-8H2,(H,22,25). The molecule has 2 N–H and O–H groups in total. The Morgan fingerprint density at radius 2 is 2.04 bits per heavy atom. The van der Waals surface area contributed by atoms with Crippen LogP contribution in [0.3, 0.4) is 0 Å². The molecule has 1 atom stereocenters. The first-order chi connectivity index (χ1) is 12.9. The Hall–Kier alpha value is -3.34. The smallest absolute Gasteiger partial charge is 0.160 e. The highest BCUT2D eigenvalue weighted by molar-refractivity contribution is 6.00. The second-order valence-electron chi connectivity index (χ2n) is 6.81. The van der Waals surface area contributed by atoms with E-state index < -0.39 is 0 Å².